The molecule has 0 aromatic heterocycles. The third kappa shape index (κ3) is 3.58. The molecule has 4 rings (SSSR count). The second-order valence-electron chi connectivity index (χ2n) is 7.54. The maximum absolute atomic E-state index is 13.3. The van der Waals surface area contributed by atoms with Crippen molar-refractivity contribution in [3.8, 4) is 0 Å². The summed E-state index contributed by atoms with van der Waals surface area (Å²) in [7, 11) is 0. The van der Waals surface area contributed by atoms with E-state index in [0.717, 1.165) is 18.0 Å². The predicted molar refractivity (Wildman–Crippen MR) is 106 cm³/mol. The molecule has 0 aliphatic carbocycles. The Labute approximate surface area is 172 Å². The molecule has 2 aliphatic rings. The van der Waals surface area contributed by atoms with Gasteiger partial charge < -0.3 is 14.7 Å². The molecule has 9 heteroatoms. The van der Waals surface area contributed by atoms with Gasteiger partial charge in [-0.2, -0.15) is 0 Å². The molecule has 2 N–H and O–H groups in total. The number of carbonyl (C=O) groups is 2. The van der Waals surface area contributed by atoms with E-state index in [0.29, 0.717) is 31.1 Å². The molecule has 0 saturated carbocycles. The fourth-order valence-corrected chi connectivity index (χ4v) is 3.98. The minimum Gasteiger partial charge on any atom is -0.375 e. The highest BCUT2D eigenvalue weighted by atomic mass is 16.6. The number of benzene rings is 2. The van der Waals surface area contributed by atoms with Gasteiger partial charge in [0.1, 0.15) is 13.1 Å². The number of para-hydroxylation sites is 1. The van der Waals surface area contributed by atoms with Crippen molar-refractivity contribution in [2.24, 2.45) is 0 Å². The number of nitrogens with one attached hydrogen (secondary N) is 1. The number of hydrogen-bond acceptors (Lipinski definition) is 6. The highest BCUT2D eigenvalue weighted by Crippen LogP contribution is 2.42. The zero-order valence-electron chi connectivity index (χ0n) is 16.2. The molecule has 2 heterocycles. The number of nitro groups is 1. The van der Waals surface area contributed by atoms with Crippen molar-refractivity contribution in [3.05, 3.63) is 69.8 Å². The summed E-state index contributed by atoms with van der Waals surface area (Å²) in [4.78, 5) is 39.0. The molecular formula is C21H22N3O6+. The summed E-state index contributed by atoms with van der Waals surface area (Å²) in [6.07, 6.45) is -0.435. The SMILES string of the molecule is O=C(C[C@@]1(O)C(=O)N(C[NH+]2CCOCC2)c2ccccc21)c1ccc([N+](=O)[O-])cc1. The summed E-state index contributed by atoms with van der Waals surface area (Å²) in [5.41, 5.74) is -0.900. The molecule has 0 bridgehead atoms. The minimum absolute atomic E-state index is 0.132. The van der Waals surface area contributed by atoms with E-state index in [9.17, 15) is 24.8 Å². The van der Waals surface area contributed by atoms with Crippen LogP contribution in [0.1, 0.15) is 22.3 Å². The third-order valence-electron chi connectivity index (χ3n) is 5.64. The Morgan fingerprint density at radius 1 is 1.17 bits per heavy atom. The largest absolute Gasteiger partial charge is 0.375 e. The average molecular weight is 412 g/mol. The second-order valence-corrected chi connectivity index (χ2v) is 7.54. The monoisotopic (exact) mass is 412 g/mol. The van der Waals surface area contributed by atoms with Crippen LogP contribution in [-0.4, -0.2) is 54.7 Å². The number of amides is 1. The lowest BCUT2D eigenvalue weighted by atomic mass is 9.88. The van der Waals surface area contributed by atoms with Crippen LogP contribution in [0.15, 0.2) is 48.5 Å². The summed E-state index contributed by atoms with van der Waals surface area (Å²) in [5, 5.41) is 22.1. The summed E-state index contributed by atoms with van der Waals surface area (Å²) in [5.74, 6) is -0.992. The number of morpholine rings is 1. The number of nitrogens with zero attached hydrogens (tertiary/aromatic N) is 2. The van der Waals surface area contributed by atoms with E-state index in [1.165, 1.54) is 24.3 Å². The maximum atomic E-state index is 13.3. The Kier molecular flexibility index (Phi) is 5.33. The molecule has 1 atom stereocenters. The van der Waals surface area contributed by atoms with Crippen molar-refractivity contribution >= 4 is 23.1 Å². The summed E-state index contributed by atoms with van der Waals surface area (Å²) in [6, 6.07) is 12.1. The van der Waals surface area contributed by atoms with Crippen molar-refractivity contribution in [2.45, 2.75) is 12.0 Å². The number of aliphatic hydroxyl groups is 1. The van der Waals surface area contributed by atoms with Crippen molar-refractivity contribution in [1.29, 1.82) is 0 Å². The number of hydrogen-bond donors (Lipinski definition) is 2. The summed E-state index contributed by atoms with van der Waals surface area (Å²) < 4.78 is 5.37. The maximum Gasteiger partial charge on any atom is 0.269 e. The normalized spacial score (nSPS) is 21.5. The van der Waals surface area contributed by atoms with Gasteiger partial charge in [-0.3, -0.25) is 24.6 Å². The highest BCUT2D eigenvalue weighted by molar-refractivity contribution is 6.10. The van der Waals surface area contributed by atoms with Crippen LogP contribution in [-0.2, 0) is 15.1 Å². The molecule has 2 aliphatic heterocycles. The summed E-state index contributed by atoms with van der Waals surface area (Å²) >= 11 is 0. The van der Waals surface area contributed by atoms with Gasteiger partial charge in [-0.1, -0.05) is 18.2 Å². The molecule has 9 nitrogen and oxygen atoms in total. The van der Waals surface area contributed by atoms with E-state index >= 15 is 0 Å². The van der Waals surface area contributed by atoms with E-state index in [1.54, 1.807) is 29.2 Å². The van der Waals surface area contributed by atoms with Crippen LogP contribution in [0.3, 0.4) is 0 Å². The number of quaternary nitrogens is 1. The van der Waals surface area contributed by atoms with Crippen molar-refractivity contribution in [2.75, 3.05) is 37.9 Å². The van der Waals surface area contributed by atoms with Gasteiger partial charge in [0.2, 0.25) is 0 Å². The number of ether oxygens (including phenoxy) is 1. The molecule has 1 amide bonds. The van der Waals surface area contributed by atoms with E-state index in [4.69, 9.17) is 4.74 Å². The van der Waals surface area contributed by atoms with Gasteiger partial charge in [0.25, 0.3) is 11.6 Å². The Hall–Kier alpha value is -3.14. The number of ketones is 1. The summed E-state index contributed by atoms with van der Waals surface area (Å²) in [6.45, 7) is 3.12. The lowest BCUT2D eigenvalue weighted by Crippen LogP contribution is -3.15. The fourth-order valence-electron chi connectivity index (χ4n) is 3.98. The Morgan fingerprint density at radius 3 is 2.50 bits per heavy atom. The Bertz CT molecular complexity index is 986. The van der Waals surface area contributed by atoms with Crippen molar-refractivity contribution in [3.63, 3.8) is 0 Å². The molecule has 2 aromatic carbocycles. The van der Waals surface area contributed by atoms with Crippen LogP contribution in [0.4, 0.5) is 11.4 Å². The zero-order chi connectivity index (χ0) is 21.3. The molecule has 0 unspecified atom stereocenters. The van der Waals surface area contributed by atoms with E-state index < -0.39 is 28.6 Å². The molecule has 156 valence electrons. The number of carbonyl (C=O) groups excluding carboxylic acids is 2. The number of nitro benzene ring substituents is 1. The van der Waals surface area contributed by atoms with Gasteiger partial charge in [-0.25, -0.2) is 0 Å². The first-order chi connectivity index (χ1) is 14.4. The molecule has 1 saturated heterocycles. The zero-order valence-corrected chi connectivity index (χ0v) is 16.2. The van der Waals surface area contributed by atoms with Crippen molar-refractivity contribution < 1.29 is 29.3 Å². The number of fused-ring (bicyclic) bond motifs is 1. The quantitative estimate of drug-likeness (QED) is 0.400. The van der Waals surface area contributed by atoms with Crippen LogP contribution in [0.5, 0.6) is 0 Å². The lowest BCUT2D eigenvalue weighted by Gasteiger charge is -2.29. The molecule has 2 aromatic rings. The standard InChI is InChI=1S/C21H21N3O6/c25-19(15-5-7-16(8-6-15)24(28)29)13-21(27)17-3-1-2-4-18(17)23(20(21)26)14-22-9-11-30-12-10-22/h1-8,27H,9-14H2/p+1/t21-/m0/s1. The third-order valence-corrected chi connectivity index (χ3v) is 5.64. The van der Waals surface area contributed by atoms with Gasteiger partial charge in [-0.05, 0) is 18.2 Å². The van der Waals surface area contributed by atoms with Gasteiger partial charge in [0.15, 0.2) is 18.1 Å². The van der Waals surface area contributed by atoms with Gasteiger partial charge in [-0.15, -0.1) is 0 Å². The number of anilines is 1. The van der Waals surface area contributed by atoms with Gasteiger partial charge in [0, 0.05) is 23.3 Å². The first-order valence-corrected chi connectivity index (χ1v) is 9.73. The van der Waals surface area contributed by atoms with Crippen LogP contribution in [0.25, 0.3) is 0 Å². The van der Waals surface area contributed by atoms with E-state index in [-0.39, 0.29) is 11.3 Å². The molecule has 30 heavy (non-hydrogen) atoms. The first kappa shape index (κ1) is 20.1. The van der Waals surface area contributed by atoms with Gasteiger partial charge in [0.05, 0.1) is 30.2 Å². The molecular weight excluding hydrogens is 390 g/mol. The molecule has 0 radical (unpaired) electrons. The van der Waals surface area contributed by atoms with Crippen LogP contribution in [0.2, 0.25) is 0 Å². The van der Waals surface area contributed by atoms with Crippen LogP contribution < -0.4 is 9.80 Å². The lowest BCUT2D eigenvalue weighted by molar-refractivity contribution is -0.906. The van der Waals surface area contributed by atoms with Crippen LogP contribution >= 0.6 is 0 Å². The molecule has 0 spiro atoms. The number of rotatable bonds is 6. The van der Waals surface area contributed by atoms with Gasteiger partial charge >= 0.3 is 0 Å². The number of Topliss-reactive ketones (excluding diaryl/α,β-unsaturated/α-hetero) is 1. The second kappa shape index (κ2) is 7.94. The smallest absolute Gasteiger partial charge is 0.269 e. The Balaban J connectivity index is 1.59. The minimum atomic E-state index is -1.97. The van der Waals surface area contributed by atoms with Crippen LogP contribution in [0, 0.1) is 10.1 Å². The average Bonchev–Trinajstić information content (AvgIpc) is 2.96. The Morgan fingerprint density at radius 2 is 1.83 bits per heavy atom. The molecule has 1 fully saturated rings. The van der Waals surface area contributed by atoms with E-state index in [1.807, 2.05) is 0 Å². The predicted octanol–water partition coefficient (Wildman–Crippen LogP) is 0.275. The van der Waals surface area contributed by atoms with E-state index in [2.05, 4.69) is 0 Å². The number of non-ortho nitro benzene ring substituents is 1. The first-order valence-electron chi connectivity index (χ1n) is 9.73. The topological polar surface area (TPSA) is 114 Å². The highest BCUT2D eigenvalue weighted by Gasteiger charge is 2.51. The fraction of sp³-hybridized carbons (Fsp3) is 0.333. The van der Waals surface area contributed by atoms with Crippen molar-refractivity contribution in [1.82, 2.24) is 0 Å².